The van der Waals surface area contributed by atoms with Crippen LogP contribution < -0.4 is 5.32 Å². The lowest BCUT2D eigenvalue weighted by atomic mass is 10.4. The van der Waals surface area contributed by atoms with Crippen molar-refractivity contribution in [2.75, 3.05) is 13.2 Å². The number of ether oxygens (including phenoxy) is 1. The van der Waals surface area contributed by atoms with Crippen LogP contribution in [0.15, 0.2) is 0 Å². The predicted octanol–water partition coefficient (Wildman–Crippen LogP) is 0.656. The molecule has 0 unspecified atom stereocenters. The van der Waals surface area contributed by atoms with E-state index in [-0.39, 0.29) is 6.61 Å². The van der Waals surface area contributed by atoms with Crippen molar-refractivity contribution in [1.82, 2.24) is 5.32 Å². The second-order valence-corrected chi connectivity index (χ2v) is 2.42. The maximum atomic E-state index is 11.5. The number of alkyl halides is 3. The smallest absolute Gasteiger partial charge is 0.422 e. The van der Waals surface area contributed by atoms with E-state index in [1.54, 1.807) is 0 Å². The third kappa shape index (κ3) is 7.38. The van der Waals surface area contributed by atoms with Crippen LogP contribution in [-0.2, 0) is 4.74 Å². The molecule has 1 amide bonds. The maximum absolute atomic E-state index is 11.5. The molecule has 4 nitrogen and oxygen atoms in total. The van der Waals surface area contributed by atoms with Crippen molar-refractivity contribution in [1.29, 1.82) is 0 Å². The van der Waals surface area contributed by atoms with E-state index < -0.39 is 24.9 Å². The molecule has 0 aromatic carbocycles. The van der Waals surface area contributed by atoms with Crippen LogP contribution in [0.1, 0.15) is 6.92 Å². The van der Waals surface area contributed by atoms with E-state index >= 15 is 0 Å². The first kappa shape index (κ1) is 12.0. The van der Waals surface area contributed by atoms with Gasteiger partial charge >= 0.3 is 12.3 Å². The molecule has 7 heteroatoms. The Bertz CT molecular complexity index is 171. The molecule has 0 aliphatic rings. The maximum Gasteiger partial charge on any atom is 0.422 e. The van der Waals surface area contributed by atoms with Crippen LogP contribution in [0, 0.1) is 0 Å². The number of amides is 1. The predicted molar refractivity (Wildman–Crippen MR) is 37.1 cm³/mol. The second kappa shape index (κ2) is 4.90. The first-order valence-corrected chi connectivity index (χ1v) is 3.46. The van der Waals surface area contributed by atoms with Gasteiger partial charge in [-0.15, -0.1) is 0 Å². The lowest BCUT2D eigenvalue weighted by Crippen LogP contribution is -2.37. The van der Waals surface area contributed by atoms with Crippen molar-refractivity contribution in [3.63, 3.8) is 0 Å². The molecular weight excluding hydrogens is 191 g/mol. The molecule has 0 aromatic heterocycles. The topological polar surface area (TPSA) is 58.6 Å². The van der Waals surface area contributed by atoms with Crippen molar-refractivity contribution >= 4 is 6.09 Å². The van der Waals surface area contributed by atoms with Gasteiger partial charge in [0, 0.05) is 0 Å². The van der Waals surface area contributed by atoms with Crippen molar-refractivity contribution < 1.29 is 27.8 Å². The molecule has 0 aliphatic carbocycles. The fourth-order valence-electron chi connectivity index (χ4n) is 0.436. The van der Waals surface area contributed by atoms with Crippen molar-refractivity contribution in [3.05, 3.63) is 0 Å². The highest BCUT2D eigenvalue weighted by Gasteiger charge is 2.29. The highest BCUT2D eigenvalue weighted by molar-refractivity contribution is 5.67. The molecule has 13 heavy (non-hydrogen) atoms. The second-order valence-electron chi connectivity index (χ2n) is 2.42. The van der Waals surface area contributed by atoms with Crippen LogP contribution in [0.3, 0.4) is 0 Å². The summed E-state index contributed by atoms with van der Waals surface area (Å²) in [5.41, 5.74) is 0. The lowest BCUT2D eigenvalue weighted by Gasteiger charge is -2.12. The quantitative estimate of drug-likeness (QED) is 0.705. The number of carbonyl (C=O) groups is 1. The van der Waals surface area contributed by atoms with Gasteiger partial charge in [0.05, 0.1) is 12.6 Å². The Kier molecular flexibility index (Phi) is 4.53. The summed E-state index contributed by atoms with van der Waals surface area (Å²) in [6.45, 7) is -0.563. The minimum Gasteiger partial charge on any atom is -0.440 e. The van der Waals surface area contributed by atoms with Crippen LogP contribution in [-0.4, -0.2) is 36.6 Å². The molecule has 0 aliphatic heterocycles. The molecule has 0 bridgehead atoms. The third-order valence-corrected chi connectivity index (χ3v) is 1.01. The largest absolute Gasteiger partial charge is 0.440 e. The minimum atomic E-state index is -4.53. The van der Waals surface area contributed by atoms with Crippen LogP contribution >= 0.6 is 0 Å². The van der Waals surface area contributed by atoms with Gasteiger partial charge < -0.3 is 15.2 Å². The monoisotopic (exact) mass is 201 g/mol. The summed E-state index contributed by atoms with van der Waals surface area (Å²) in [6, 6.07) is -0.624. The Morgan fingerprint density at radius 1 is 1.62 bits per heavy atom. The average molecular weight is 201 g/mol. The first-order valence-electron chi connectivity index (χ1n) is 3.46. The Hall–Kier alpha value is -0.980. The van der Waals surface area contributed by atoms with Gasteiger partial charge in [0.2, 0.25) is 0 Å². The molecule has 78 valence electrons. The average Bonchev–Trinajstić information content (AvgIpc) is 1.99. The molecule has 0 spiro atoms. The first-order chi connectivity index (χ1) is 5.85. The molecule has 0 saturated heterocycles. The van der Waals surface area contributed by atoms with Crippen LogP contribution in [0.2, 0.25) is 0 Å². The number of aliphatic hydroxyl groups is 1. The number of aliphatic hydroxyl groups excluding tert-OH is 1. The van der Waals surface area contributed by atoms with Crippen LogP contribution in [0.5, 0.6) is 0 Å². The van der Waals surface area contributed by atoms with Crippen LogP contribution in [0.4, 0.5) is 18.0 Å². The molecule has 0 aromatic rings. The van der Waals surface area contributed by atoms with E-state index in [1.165, 1.54) is 6.92 Å². The Morgan fingerprint density at radius 3 is 2.54 bits per heavy atom. The summed E-state index contributed by atoms with van der Waals surface area (Å²) in [6.07, 6.45) is -5.72. The van der Waals surface area contributed by atoms with E-state index in [0.717, 1.165) is 0 Å². The molecule has 0 saturated carbocycles. The zero-order chi connectivity index (χ0) is 10.5. The van der Waals surface area contributed by atoms with Crippen molar-refractivity contribution in [3.8, 4) is 0 Å². The van der Waals surface area contributed by atoms with Gasteiger partial charge in [-0.2, -0.15) is 13.2 Å². The number of hydrogen-bond donors (Lipinski definition) is 2. The Balaban J connectivity index is 3.64. The zero-order valence-electron chi connectivity index (χ0n) is 6.89. The van der Waals surface area contributed by atoms with E-state index in [2.05, 4.69) is 4.74 Å². The number of halogens is 3. The Labute approximate surface area is 72.7 Å². The Morgan fingerprint density at radius 2 is 2.15 bits per heavy atom. The highest BCUT2D eigenvalue weighted by atomic mass is 19.4. The number of nitrogens with one attached hydrogen (secondary N) is 1. The summed E-state index contributed by atoms with van der Waals surface area (Å²) >= 11 is 0. The van der Waals surface area contributed by atoms with Gasteiger partial charge in [0.25, 0.3) is 0 Å². The number of alkyl carbamates (subject to hydrolysis) is 1. The fraction of sp³-hybridized carbons (Fsp3) is 0.833. The molecule has 1 atom stereocenters. The third-order valence-electron chi connectivity index (χ3n) is 1.01. The van der Waals surface area contributed by atoms with E-state index in [4.69, 9.17) is 5.11 Å². The molecular formula is C6H10F3NO3. The summed E-state index contributed by atoms with van der Waals surface area (Å²) in [5, 5.41) is 10.4. The normalized spacial score (nSPS) is 13.6. The number of rotatable bonds is 3. The van der Waals surface area contributed by atoms with Gasteiger partial charge in [-0.25, -0.2) is 4.79 Å². The fourth-order valence-corrected chi connectivity index (χ4v) is 0.436. The van der Waals surface area contributed by atoms with Gasteiger partial charge in [0.15, 0.2) is 6.61 Å². The molecule has 0 rings (SSSR count). The molecule has 2 N–H and O–H groups in total. The summed E-state index contributed by atoms with van der Waals surface area (Å²) in [4.78, 5) is 10.5. The van der Waals surface area contributed by atoms with Gasteiger partial charge in [-0.05, 0) is 6.92 Å². The summed E-state index contributed by atoms with van der Waals surface area (Å²) in [5.74, 6) is 0. The van der Waals surface area contributed by atoms with Crippen molar-refractivity contribution in [2.45, 2.75) is 19.1 Å². The molecule has 0 fully saturated rings. The minimum absolute atomic E-state index is 0.360. The molecule has 0 radical (unpaired) electrons. The van der Waals surface area contributed by atoms with E-state index in [0.29, 0.717) is 0 Å². The standard InChI is InChI=1S/C6H10F3NO3/c1-4(2-11)10-5(12)13-3-6(7,8)9/h4,11H,2-3H2,1H3,(H,10,12)/t4-/m0/s1. The van der Waals surface area contributed by atoms with Gasteiger partial charge in [-0.3, -0.25) is 0 Å². The summed E-state index contributed by atoms with van der Waals surface area (Å²) in [7, 11) is 0. The number of hydrogen-bond acceptors (Lipinski definition) is 3. The zero-order valence-corrected chi connectivity index (χ0v) is 6.89. The van der Waals surface area contributed by atoms with E-state index in [1.807, 2.05) is 5.32 Å². The molecule has 0 heterocycles. The van der Waals surface area contributed by atoms with E-state index in [9.17, 15) is 18.0 Å². The lowest BCUT2D eigenvalue weighted by molar-refractivity contribution is -0.160. The SMILES string of the molecule is C[C@@H](CO)NC(=O)OCC(F)(F)F. The number of carbonyl (C=O) groups excluding carboxylic acids is 1. The van der Waals surface area contributed by atoms with Gasteiger partial charge in [-0.1, -0.05) is 0 Å². The van der Waals surface area contributed by atoms with Crippen LogP contribution in [0.25, 0.3) is 0 Å². The summed E-state index contributed by atoms with van der Waals surface area (Å²) < 4.78 is 38.2. The van der Waals surface area contributed by atoms with Crippen molar-refractivity contribution in [2.24, 2.45) is 0 Å². The highest BCUT2D eigenvalue weighted by Crippen LogP contribution is 2.14. The van der Waals surface area contributed by atoms with Gasteiger partial charge in [0.1, 0.15) is 0 Å².